The van der Waals surface area contributed by atoms with Crippen molar-refractivity contribution in [3.8, 4) is 0 Å². The van der Waals surface area contributed by atoms with Crippen molar-refractivity contribution >= 4 is 17.6 Å². The smallest absolute Gasteiger partial charge is 0.305 e. The lowest BCUT2D eigenvalue weighted by Crippen LogP contribution is -2.56. The minimum absolute atomic E-state index is 0.169. The topological polar surface area (TPSA) is 69.6 Å². The molecule has 2 rings (SSSR count). The molecule has 0 aliphatic carbocycles. The van der Waals surface area contributed by atoms with E-state index in [-0.39, 0.29) is 12.3 Å². The fourth-order valence-electron chi connectivity index (χ4n) is 2.18. The van der Waals surface area contributed by atoms with E-state index < -0.39 is 12.0 Å². The normalized spacial score (nSPS) is 19.9. The molecular formula is C13H16N2O3. The van der Waals surface area contributed by atoms with Gasteiger partial charge < -0.3 is 15.3 Å². The predicted octanol–water partition coefficient (Wildman–Crippen LogP) is 0.775. The molecule has 0 aromatic heterocycles. The Morgan fingerprint density at radius 3 is 2.89 bits per heavy atom. The third-order valence-electron chi connectivity index (χ3n) is 3.08. The van der Waals surface area contributed by atoms with Gasteiger partial charge in [-0.25, -0.2) is 0 Å². The third kappa shape index (κ3) is 2.51. The number of anilines is 1. The molecule has 1 heterocycles. The molecule has 2 N–H and O–H groups in total. The Morgan fingerprint density at radius 1 is 1.50 bits per heavy atom. The summed E-state index contributed by atoms with van der Waals surface area (Å²) in [5.41, 5.74) is 1.88. The van der Waals surface area contributed by atoms with Crippen LogP contribution >= 0.6 is 0 Å². The average molecular weight is 248 g/mol. The predicted molar refractivity (Wildman–Crippen MR) is 67.6 cm³/mol. The lowest BCUT2D eigenvalue weighted by atomic mass is 10.1. The highest BCUT2D eigenvalue weighted by Gasteiger charge is 2.31. The first kappa shape index (κ1) is 12.6. The monoisotopic (exact) mass is 248 g/mol. The summed E-state index contributed by atoms with van der Waals surface area (Å²) in [7, 11) is 0. The number of piperazine rings is 1. The van der Waals surface area contributed by atoms with E-state index in [1.54, 1.807) is 4.90 Å². The van der Waals surface area contributed by atoms with Crippen molar-refractivity contribution in [3.05, 3.63) is 29.8 Å². The summed E-state index contributed by atoms with van der Waals surface area (Å²) in [5.74, 6) is -1.13. The minimum atomic E-state index is -0.965. The number of carboxylic acid groups (broad SMARTS) is 1. The van der Waals surface area contributed by atoms with Gasteiger partial charge in [-0.2, -0.15) is 0 Å². The van der Waals surface area contributed by atoms with Crippen molar-refractivity contribution in [2.45, 2.75) is 19.4 Å². The first-order valence-electron chi connectivity index (χ1n) is 5.92. The number of aryl methyl sites for hydroxylation is 1. The lowest BCUT2D eigenvalue weighted by Gasteiger charge is -2.33. The lowest BCUT2D eigenvalue weighted by molar-refractivity contribution is -0.139. The summed E-state index contributed by atoms with van der Waals surface area (Å²) in [5, 5.41) is 11.7. The minimum Gasteiger partial charge on any atom is -0.481 e. The molecule has 96 valence electrons. The van der Waals surface area contributed by atoms with Gasteiger partial charge in [0.1, 0.15) is 0 Å². The summed E-state index contributed by atoms with van der Waals surface area (Å²) in [4.78, 5) is 24.6. The van der Waals surface area contributed by atoms with Gasteiger partial charge in [-0.15, -0.1) is 0 Å². The van der Waals surface area contributed by atoms with E-state index in [1.807, 2.05) is 31.2 Å². The van der Waals surface area contributed by atoms with Gasteiger partial charge in [-0.05, 0) is 18.6 Å². The van der Waals surface area contributed by atoms with E-state index in [2.05, 4.69) is 5.32 Å². The first-order valence-corrected chi connectivity index (χ1v) is 5.92. The highest BCUT2D eigenvalue weighted by atomic mass is 16.4. The van der Waals surface area contributed by atoms with Crippen LogP contribution in [-0.2, 0) is 9.59 Å². The highest BCUT2D eigenvalue weighted by Crippen LogP contribution is 2.21. The quantitative estimate of drug-likeness (QED) is 0.829. The summed E-state index contributed by atoms with van der Waals surface area (Å²) in [6, 6.07) is 6.99. The zero-order valence-corrected chi connectivity index (χ0v) is 10.2. The summed E-state index contributed by atoms with van der Waals surface area (Å²) in [6.45, 7) is 3.12. The second-order valence-electron chi connectivity index (χ2n) is 4.38. The van der Waals surface area contributed by atoms with Gasteiger partial charge in [0.05, 0.1) is 12.5 Å². The molecule has 1 saturated heterocycles. The Hall–Kier alpha value is -1.88. The molecule has 1 unspecified atom stereocenters. The number of nitrogens with zero attached hydrogens (tertiary/aromatic N) is 1. The zero-order valence-electron chi connectivity index (χ0n) is 10.2. The van der Waals surface area contributed by atoms with Gasteiger partial charge in [0.25, 0.3) is 0 Å². The molecule has 18 heavy (non-hydrogen) atoms. The van der Waals surface area contributed by atoms with Crippen LogP contribution in [0.25, 0.3) is 0 Å². The van der Waals surface area contributed by atoms with Crippen molar-refractivity contribution in [3.63, 3.8) is 0 Å². The molecule has 0 spiro atoms. The SMILES string of the molecule is Cc1ccccc1N1CCNC(CC(=O)O)C1=O. The van der Waals surface area contributed by atoms with Crippen molar-refractivity contribution in [1.29, 1.82) is 0 Å². The van der Waals surface area contributed by atoms with Crippen LogP contribution in [0.1, 0.15) is 12.0 Å². The molecule has 1 aromatic rings. The maximum absolute atomic E-state index is 12.2. The maximum Gasteiger partial charge on any atom is 0.305 e. The summed E-state index contributed by atoms with van der Waals surface area (Å²) < 4.78 is 0. The molecule has 0 radical (unpaired) electrons. The molecule has 0 bridgehead atoms. The number of carbonyl (C=O) groups is 2. The maximum atomic E-state index is 12.2. The molecule has 0 saturated carbocycles. The molecule has 1 aliphatic heterocycles. The van der Waals surface area contributed by atoms with Crippen LogP contribution in [0.3, 0.4) is 0 Å². The standard InChI is InChI=1S/C13H16N2O3/c1-9-4-2-3-5-11(9)15-7-6-14-10(13(15)18)8-12(16)17/h2-5,10,14H,6-8H2,1H3,(H,16,17). The molecule has 1 amide bonds. The van der Waals surface area contributed by atoms with Crippen molar-refractivity contribution in [2.75, 3.05) is 18.0 Å². The van der Waals surface area contributed by atoms with Gasteiger partial charge in [0.15, 0.2) is 0 Å². The molecule has 1 aliphatic rings. The Balaban J connectivity index is 2.21. The summed E-state index contributed by atoms with van der Waals surface area (Å²) >= 11 is 0. The van der Waals surface area contributed by atoms with E-state index in [9.17, 15) is 9.59 Å². The van der Waals surface area contributed by atoms with Crippen LogP contribution < -0.4 is 10.2 Å². The van der Waals surface area contributed by atoms with E-state index in [4.69, 9.17) is 5.11 Å². The highest BCUT2D eigenvalue weighted by molar-refractivity contribution is 6.00. The number of carbonyl (C=O) groups excluding carboxylic acids is 1. The summed E-state index contributed by atoms with van der Waals surface area (Å²) in [6.07, 6.45) is -0.179. The number of para-hydroxylation sites is 1. The van der Waals surface area contributed by atoms with Gasteiger partial charge in [0.2, 0.25) is 5.91 Å². The second-order valence-corrected chi connectivity index (χ2v) is 4.38. The number of aliphatic carboxylic acids is 1. The molecular weight excluding hydrogens is 232 g/mol. The van der Waals surface area contributed by atoms with Crippen molar-refractivity contribution in [1.82, 2.24) is 5.32 Å². The van der Waals surface area contributed by atoms with Crippen LogP contribution in [0.15, 0.2) is 24.3 Å². The fourth-order valence-corrected chi connectivity index (χ4v) is 2.18. The molecule has 1 fully saturated rings. The third-order valence-corrected chi connectivity index (χ3v) is 3.08. The van der Waals surface area contributed by atoms with Gasteiger partial charge in [-0.3, -0.25) is 9.59 Å². The van der Waals surface area contributed by atoms with E-state index in [0.29, 0.717) is 13.1 Å². The number of rotatable bonds is 3. The molecule has 5 nitrogen and oxygen atoms in total. The zero-order chi connectivity index (χ0) is 13.1. The Labute approximate surface area is 105 Å². The van der Waals surface area contributed by atoms with E-state index >= 15 is 0 Å². The largest absolute Gasteiger partial charge is 0.481 e. The molecule has 1 aromatic carbocycles. The van der Waals surface area contributed by atoms with Gasteiger partial charge in [-0.1, -0.05) is 18.2 Å². The number of nitrogens with one attached hydrogen (secondary N) is 1. The molecule has 1 atom stereocenters. The van der Waals surface area contributed by atoms with Crippen molar-refractivity contribution in [2.24, 2.45) is 0 Å². The van der Waals surface area contributed by atoms with E-state index in [1.165, 1.54) is 0 Å². The van der Waals surface area contributed by atoms with Crippen LogP contribution in [0.5, 0.6) is 0 Å². The Morgan fingerprint density at radius 2 is 2.22 bits per heavy atom. The van der Waals surface area contributed by atoms with E-state index in [0.717, 1.165) is 11.3 Å². The second kappa shape index (κ2) is 5.18. The van der Waals surface area contributed by atoms with Gasteiger partial charge in [0, 0.05) is 18.8 Å². The number of carboxylic acids is 1. The van der Waals surface area contributed by atoms with Crippen LogP contribution in [0, 0.1) is 6.92 Å². The fraction of sp³-hybridized carbons (Fsp3) is 0.385. The van der Waals surface area contributed by atoms with Crippen LogP contribution in [0.4, 0.5) is 5.69 Å². The average Bonchev–Trinajstić information content (AvgIpc) is 2.32. The van der Waals surface area contributed by atoms with Crippen LogP contribution in [0.2, 0.25) is 0 Å². The Kier molecular flexibility index (Phi) is 3.62. The van der Waals surface area contributed by atoms with Gasteiger partial charge >= 0.3 is 5.97 Å². The van der Waals surface area contributed by atoms with Crippen LogP contribution in [-0.4, -0.2) is 36.1 Å². The number of hydrogen-bond donors (Lipinski definition) is 2. The molecule has 5 heteroatoms. The number of hydrogen-bond acceptors (Lipinski definition) is 3. The number of benzene rings is 1. The number of amides is 1. The van der Waals surface area contributed by atoms with Crippen molar-refractivity contribution < 1.29 is 14.7 Å². The Bertz CT molecular complexity index is 473. The first-order chi connectivity index (χ1) is 8.59.